The number of aliphatic hydroxyl groups is 1. The summed E-state index contributed by atoms with van der Waals surface area (Å²) < 4.78 is 11.4. The zero-order chi connectivity index (χ0) is 12.4. The zero-order valence-electron chi connectivity index (χ0n) is 11.2. The second-order valence-corrected chi connectivity index (χ2v) is 6.33. The summed E-state index contributed by atoms with van der Waals surface area (Å²) in [6, 6.07) is 0. The first-order valence-corrected chi connectivity index (χ1v) is 7.74. The Hall–Kier alpha value is -0.120. The molecule has 18 heavy (non-hydrogen) atoms. The number of rotatable bonds is 4. The molecule has 3 nitrogen and oxygen atoms in total. The maximum atomic E-state index is 10.5. The largest absolute Gasteiger partial charge is 0.393 e. The molecule has 2 saturated heterocycles. The van der Waals surface area contributed by atoms with Crippen LogP contribution in [0.15, 0.2) is 0 Å². The molecular formula is C15H26O3. The van der Waals surface area contributed by atoms with E-state index in [0.29, 0.717) is 24.0 Å². The highest BCUT2D eigenvalue weighted by Crippen LogP contribution is 2.39. The van der Waals surface area contributed by atoms with Crippen molar-refractivity contribution in [2.24, 2.45) is 11.8 Å². The smallest absolute Gasteiger partial charge is 0.0598 e. The normalized spacial score (nSPS) is 44.8. The Morgan fingerprint density at radius 2 is 1.28 bits per heavy atom. The predicted molar refractivity (Wildman–Crippen MR) is 69.4 cm³/mol. The van der Waals surface area contributed by atoms with Crippen molar-refractivity contribution in [3.8, 4) is 0 Å². The molecule has 2 heterocycles. The first-order chi connectivity index (χ1) is 8.83. The van der Waals surface area contributed by atoms with Gasteiger partial charge in [-0.1, -0.05) is 0 Å². The highest BCUT2D eigenvalue weighted by molar-refractivity contribution is 4.88. The molecule has 0 aromatic rings. The quantitative estimate of drug-likeness (QED) is 0.838. The maximum absolute atomic E-state index is 10.5. The summed E-state index contributed by atoms with van der Waals surface area (Å²) in [4.78, 5) is 0. The van der Waals surface area contributed by atoms with Gasteiger partial charge in [0.25, 0.3) is 0 Å². The zero-order valence-corrected chi connectivity index (χ0v) is 11.2. The van der Waals surface area contributed by atoms with Crippen LogP contribution in [0.1, 0.15) is 51.4 Å². The van der Waals surface area contributed by atoms with Gasteiger partial charge in [-0.15, -0.1) is 0 Å². The number of hydrogen-bond acceptors (Lipinski definition) is 3. The van der Waals surface area contributed by atoms with Crippen LogP contribution in [0.3, 0.4) is 0 Å². The average Bonchev–Trinajstić information content (AvgIpc) is 3.08. The molecule has 3 fully saturated rings. The molecule has 0 aromatic heterocycles. The Morgan fingerprint density at radius 1 is 0.778 bits per heavy atom. The fourth-order valence-corrected chi connectivity index (χ4v) is 4.00. The molecular weight excluding hydrogens is 228 g/mol. The van der Waals surface area contributed by atoms with Crippen LogP contribution in [0.4, 0.5) is 0 Å². The SMILES string of the molecule is OC1C(CC2CCCO2)CCC1CC1CCCO1. The van der Waals surface area contributed by atoms with E-state index >= 15 is 0 Å². The summed E-state index contributed by atoms with van der Waals surface area (Å²) in [6.45, 7) is 1.85. The Morgan fingerprint density at radius 3 is 1.67 bits per heavy atom. The van der Waals surface area contributed by atoms with Crippen molar-refractivity contribution in [1.29, 1.82) is 0 Å². The monoisotopic (exact) mass is 254 g/mol. The molecule has 0 spiro atoms. The molecule has 1 N–H and O–H groups in total. The van der Waals surface area contributed by atoms with Crippen molar-refractivity contribution in [1.82, 2.24) is 0 Å². The second-order valence-electron chi connectivity index (χ2n) is 6.33. The van der Waals surface area contributed by atoms with Gasteiger partial charge in [-0.05, 0) is 63.2 Å². The van der Waals surface area contributed by atoms with Crippen molar-refractivity contribution in [2.75, 3.05) is 13.2 Å². The van der Waals surface area contributed by atoms with Crippen LogP contribution in [0.2, 0.25) is 0 Å². The van der Waals surface area contributed by atoms with E-state index in [9.17, 15) is 5.11 Å². The fraction of sp³-hybridized carbons (Fsp3) is 1.00. The van der Waals surface area contributed by atoms with Gasteiger partial charge in [-0.2, -0.15) is 0 Å². The summed E-state index contributed by atoms with van der Waals surface area (Å²) in [7, 11) is 0. The number of hydrogen-bond donors (Lipinski definition) is 1. The highest BCUT2D eigenvalue weighted by atomic mass is 16.5. The van der Waals surface area contributed by atoms with E-state index in [1.54, 1.807) is 0 Å². The van der Waals surface area contributed by atoms with Gasteiger partial charge in [0.1, 0.15) is 0 Å². The van der Waals surface area contributed by atoms with E-state index in [1.807, 2.05) is 0 Å². The lowest BCUT2D eigenvalue weighted by Gasteiger charge is -2.23. The minimum atomic E-state index is -0.113. The molecule has 4 unspecified atom stereocenters. The van der Waals surface area contributed by atoms with Crippen molar-refractivity contribution >= 4 is 0 Å². The molecule has 3 rings (SSSR count). The maximum Gasteiger partial charge on any atom is 0.0598 e. The van der Waals surface area contributed by atoms with Crippen molar-refractivity contribution in [3.63, 3.8) is 0 Å². The van der Waals surface area contributed by atoms with E-state index in [0.717, 1.165) is 26.1 Å². The van der Waals surface area contributed by atoms with Crippen LogP contribution in [0, 0.1) is 11.8 Å². The van der Waals surface area contributed by atoms with Gasteiger partial charge in [0.15, 0.2) is 0 Å². The van der Waals surface area contributed by atoms with Gasteiger partial charge in [0.05, 0.1) is 18.3 Å². The lowest BCUT2D eigenvalue weighted by atomic mass is 9.91. The lowest BCUT2D eigenvalue weighted by molar-refractivity contribution is 0.0225. The lowest BCUT2D eigenvalue weighted by Crippen LogP contribution is -2.26. The third kappa shape index (κ3) is 2.89. The molecule has 0 radical (unpaired) electrons. The minimum Gasteiger partial charge on any atom is -0.393 e. The molecule has 0 bridgehead atoms. The van der Waals surface area contributed by atoms with Crippen molar-refractivity contribution in [3.05, 3.63) is 0 Å². The van der Waals surface area contributed by atoms with E-state index < -0.39 is 0 Å². The van der Waals surface area contributed by atoms with Crippen molar-refractivity contribution in [2.45, 2.75) is 69.7 Å². The Balaban J connectivity index is 1.46. The van der Waals surface area contributed by atoms with E-state index in [2.05, 4.69) is 0 Å². The molecule has 3 heteroatoms. The molecule has 0 aromatic carbocycles. The Labute approximate surface area is 110 Å². The van der Waals surface area contributed by atoms with Crippen LogP contribution in [-0.4, -0.2) is 36.6 Å². The van der Waals surface area contributed by atoms with E-state index in [1.165, 1.54) is 38.5 Å². The van der Waals surface area contributed by atoms with Crippen LogP contribution in [0.5, 0.6) is 0 Å². The first-order valence-electron chi connectivity index (χ1n) is 7.74. The summed E-state index contributed by atoms with van der Waals surface area (Å²) in [5.74, 6) is 0.944. The molecule has 104 valence electrons. The molecule has 2 aliphatic heterocycles. The van der Waals surface area contributed by atoms with Crippen molar-refractivity contribution < 1.29 is 14.6 Å². The highest BCUT2D eigenvalue weighted by Gasteiger charge is 2.38. The third-order valence-corrected chi connectivity index (χ3v) is 5.05. The van der Waals surface area contributed by atoms with Gasteiger partial charge in [0.2, 0.25) is 0 Å². The number of aliphatic hydroxyl groups excluding tert-OH is 1. The molecule has 1 aliphatic carbocycles. The van der Waals surface area contributed by atoms with Crippen LogP contribution >= 0.6 is 0 Å². The standard InChI is InChI=1S/C15H26O3/c16-15-11(9-13-3-1-7-17-13)5-6-12(15)10-14-4-2-8-18-14/h11-16H,1-10H2. The minimum absolute atomic E-state index is 0.113. The molecule has 0 amide bonds. The fourth-order valence-electron chi connectivity index (χ4n) is 4.00. The predicted octanol–water partition coefficient (Wildman–Crippen LogP) is 2.51. The number of ether oxygens (including phenoxy) is 2. The molecule has 3 aliphatic rings. The van der Waals surface area contributed by atoms with E-state index in [-0.39, 0.29) is 6.10 Å². The summed E-state index contributed by atoms with van der Waals surface area (Å²) in [5.41, 5.74) is 0. The summed E-state index contributed by atoms with van der Waals surface area (Å²) in [6.07, 6.45) is 10.0. The van der Waals surface area contributed by atoms with Crippen LogP contribution in [-0.2, 0) is 9.47 Å². The first kappa shape index (κ1) is 12.9. The second kappa shape index (κ2) is 5.89. The topological polar surface area (TPSA) is 38.7 Å². The summed E-state index contributed by atoms with van der Waals surface area (Å²) >= 11 is 0. The third-order valence-electron chi connectivity index (χ3n) is 5.05. The Kier molecular flexibility index (Phi) is 4.22. The van der Waals surface area contributed by atoms with Gasteiger partial charge in [-0.25, -0.2) is 0 Å². The molecule has 1 saturated carbocycles. The van der Waals surface area contributed by atoms with Gasteiger partial charge >= 0.3 is 0 Å². The van der Waals surface area contributed by atoms with Gasteiger partial charge < -0.3 is 14.6 Å². The van der Waals surface area contributed by atoms with Gasteiger partial charge in [0, 0.05) is 13.2 Å². The molecule has 4 atom stereocenters. The van der Waals surface area contributed by atoms with Crippen LogP contribution in [0.25, 0.3) is 0 Å². The average molecular weight is 254 g/mol. The van der Waals surface area contributed by atoms with E-state index in [4.69, 9.17) is 9.47 Å². The van der Waals surface area contributed by atoms with Crippen LogP contribution < -0.4 is 0 Å². The Bertz CT molecular complexity index is 230. The van der Waals surface area contributed by atoms with Gasteiger partial charge in [-0.3, -0.25) is 0 Å². The summed E-state index contributed by atoms with van der Waals surface area (Å²) in [5, 5.41) is 10.5.